The molecule has 2 amide bonds. The van der Waals surface area contributed by atoms with E-state index in [-0.39, 0.29) is 18.7 Å². The number of hydrogen-bond donors (Lipinski definition) is 3. The van der Waals surface area contributed by atoms with Crippen LogP contribution in [0, 0.1) is 11.3 Å². The van der Waals surface area contributed by atoms with Crippen molar-refractivity contribution in [3.8, 4) is 6.07 Å². The maximum Gasteiger partial charge on any atom is 0.320 e. The average Bonchev–Trinajstić information content (AvgIpc) is 2.69. The van der Waals surface area contributed by atoms with E-state index in [1.165, 1.54) is 0 Å². The highest BCUT2D eigenvalue weighted by Crippen LogP contribution is 2.31. The minimum Gasteiger partial charge on any atom is -0.398 e. The van der Waals surface area contributed by atoms with Crippen molar-refractivity contribution in [3.63, 3.8) is 0 Å². The molecule has 2 fully saturated rings. The van der Waals surface area contributed by atoms with Gasteiger partial charge in [0.15, 0.2) is 0 Å². The topological polar surface area (TPSA) is 120 Å². The van der Waals surface area contributed by atoms with E-state index in [1.54, 1.807) is 6.07 Å². The second-order valence-corrected chi connectivity index (χ2v) is 7.16. The van der Waals surface area contributed by atoms with Crippen LogP contribution < -0.4 is 11.5 Å². The molecule has 5 N–H and O–H groups in total. The molecule has 7 nitrogen and oxygen atoms in total. The Hall–Kier alpha value is -2.56. The number of carbonyl (C=O) groups excluding carboxylic acids is 1. The first-order valence-corrected chi connectivity index (χ1v) is 9.47. The Kier molecular flexibility index (Phi) is 5.99. The molecule has 1 aromatic rings. The Morgan fingerprint density at radius 3 is 2.41 bits per heavy atom. The zero-order valence-corrected chi connectivity index (χ0v) is 15.5. The number of benzene rings is 1. The molecule has 7 heteroatoms. The average molecular weight is 369 g/mol. The van der Waals surface area contributed by atoms with Gasteiger partial charge >= 0.3 is 6.03 Å². The number of carbonyl (C=O) groups is 1. The van der Waals surface area contributed by atoms with Gasteiger partial charge < -0.3 is 26.4 Å². The first-order valence-electron chi connectivity index (χ1n) is 9.47. The number of piperidine rings is 2. The molecule has 0 aliphatic carbocycles. The molecule has 1 aromatic carbocycles. The summed E-state index contributed by atoms with van der Waals surface area (Å²) < 4.78 is 0. The number of nitrogens with two attached hydrogens (primary N) is 2. The molecule has 0 radical (unpaired) electrons. The number of urea groups is 1. The van der Waals surface area contributed by atoms with Gasteiger partial charge in [0.1, 0.15) is 0 Å². The summed E-state index contributed by atoms with van der Waals surface area (Å²) in [4.78, 5) is 16.3. The van der Waals surface area contributed by atoms with Crippen LogP contribution in [-0.2, 0) is 6.54 Å². The summed E-state index contributed by atoms with van der Waals surface area (Å²) in [5, 5.41) is 19.4. The van der Waals surface area contributed by atoms with Crippen LogP contribution in [0.5, 0.6) is 0 Å². The van der Waals surface area contributed by atoms with Crippen molar-refractivity contribution in [3.05, 3.63) is 34.9 Å². The number of rotatable bonds is 2. The van der Waals surface area contributed by atoms with Crippen molar-refractivity contribution in [2.75, 3.05) is 31.9 Å². The van der Waals surface area contributed by atoms with Gasteiger partial charge in [0.25, 0.3) is 0 Å². The van der Waals surface area contributed by atoms with E-state index in [0.717, 1.165) is 16.7 Å². The SMILES string of the molecule is N#CC(=C1CCN(C(=O)N2CCC(O)CC2)CC1)c1cccc(N)c1CN. The summed E-state index contributed by atoms with van der Waals surface area (Å²) in [6.07, 6.45) is 2.33. The fourth-order valence-corrected chi connectivity index (χ4v) is 3.87. The number of nitriles is 1. The summed E-state index contributed by atoms with van der Waals surface area (Å²) in [5.74, 6) is 0. The first kappa shape index (κ1) is 19.2. The Morgan fingerprint density at radius 1 is 1.19 bits per heavy atom. The van der Waals surface area contributed by atoms with E-state index in [4.69, 9.17) is 11.5 Å². The number of allylic oxidation sites excluding steroid dienone is 1. The molecule has 0 saturated carbocycles. The van der Waals surface area contributed by atoms with Crippen LogP contribution in [0.3, 0.4) is 0 Å². The molecule has 0 aromatic heterocycles. The molecule has 3 rings (SSSR count). The van der Waals surface area contributed by atoms with Crippen molar-refractivity contribution in [1.82, 2.24) is 9.80 Å². The van der Waals surface area contributed by atoms with Crippen LogP contribution in [0.25, 0.3) is 5.57 Å². The number of anilines is 1. The van der Waals surface area contributed by atoms with Crippen LogP contribution in [0.2, 0.25) is 0 Å². The second kappa shape index (κ2) is 8.42. The normalized spacial score (nSPS) is 18.3. The Bertz CT molecular complexity index is 765. The molecule has 0 unspecified atom stereocenters. The number of likely N-dealkylation sites (tertiary alicyclic amines) is 2. The van der Waals surface area contributed by atoms with Gasteiger partial charge in [-0.15, -0.1) is 0 Å². The van der Waals surface area contributed by atoms with Crippen molar-refractivity contribution in [2.45, 2.75) is 38.3 Å². The lowest BCUT2D eigenvalue weighted by atomic mass is 9.90. The fourth-order valence-electron chi connectivity index (χ4n) is 3.87. The van der Waals surface area contributed by atoms with Gasteiger partial charge in [-0.05, 0) is 48.4 Å². The van der Waals surface area contributed by atoms with Gasteiger partial charge in [0, 0.05) is 38.4 Å². The lowest BCUT2D eigenvalue weighted by molar-refractivity contribution is 0.0803. The quantitative estimate of drug-likeness (QED) is 0.541. The lowest BCUT2D eigenvalue weighted by Gasteiger charge is -2.36. The summed E-state index contributed by atoms with van der Waals surface area (Å²) in [6.45, 7) is 2.68. The third-order valence-electron chi connectivity index (χ3n) is 5.52. The number of nitrogen functional groups attached to an aromatic ring is 1. The van der Waals surface area contributed by atoms with Crippen molar-refractivity contribution in [1.29, 1.82) is 5.26 Å². The number of hydrogen-bond acceptors (Lipinski definition) is 5. The second-order valence-electron chi connectivity index (χ2n) is 7.16. The van der Waals surface area contributed by atoms with E-state index in [9.17, 15) is 15.2 Å². The van der Waals surface area contributed by atoms with Crippen LogP contribution in [0.1, 0.15) is 36.8 Å². The molecule has 2 saturated heterocycles. The highest BCUT2D eigenvalue weighted by Gasteiger charge is 2.28. The zero-order valence-electron chi connectivity index (χ0n) is 15.5. The third-order valence-corrected chi connectivity index (χ3v) is 5.52. The summed E-state index contributed by atoms with van der Waals surface area (Å²) in [7, 11) is 0. The molecular weight excluding hydrogens is 342 g/mol. The smallest absolute Gasteiger partial charge is 0.320 e. The number of aliphatic hydroxyl groups excluding tert-OH is 1. The van der Waals surface area contributed by atoms with Crippen LogP contribution in [0.4, 0.5) is 10.5 Å². The maximum atomic E-state index is 12.7. The standard InChI is InChI=1S/C20H27N5O2/c21-12-17(16-2-1-3-19(23)18(16)13-22)14-4-8-24(9-5-14)20(27)25-10-6-15(26)7-11-25/h1-3,15,26H,4-11,13,22-23H2. The Labute approximate surface area is 159 Å². The zero-order chi connectivity index (χ0) is 19.4. The monoisotopic (exact) mass is 369 g/mol. The van der Waals surface area contributed by atoms with Gasteiger partial charge in [-0.1, -0.05) is 12.1 Å². The van der Waals surface area contributed by atoms with Crippen LogP contribution in [0.15, 0.2) is 23.8 Å². The number of amides is 2. The van der Waals surface area contributed by atoms with Gasteiger partial charge in [-0.25, -0.2) is 4.79 Å². The summed E-state index contributed by atoms with van der Waals surface area (Å²) in [6, 6.07) is 7.88. The third kappa shape index (κ3) is 4.07. The van der Waals surface area contributed by atoms with Gasteiger partial charge in [-0.2, -0.15) is 5.26 Å². The molecule has 2 heterocycles. The first-order chi connectivity index (χ1) is 13.0. The van der Waals surface area contributed by atoms with Crippen LogP contribution >= 0.6 is 0 Å². The van der Waals surface area contributed by atoms with Gasteiger partial charge in [0.05, 0.1) is 17.7 Å². The highest BCUT2D eigenvalue weighted by atomic mass is 16.3. The minimum atomic E-state index is -0.293. The van der Waals surface area contributed by atoms with E-state index in [2.05, 4.69) is 6.07 Å². The Balaban J connectivity index is 1.73. The van der Waals surface area contributed by atoms with Crippen molar-refractivity contribution < 1.29 is 9.90 Å². The lowest BCUT2D eigenvalue weighted by Crippen LogP contribution is -2.49. The van der Waals surface area contributed by atoms with Gasteiger partial charge in [0.2, 0.25) is 0 Å². The maximum absolute atomic E-state index is 12.7. The largest absolute Gasteiger partial charge is 0.398 e. The molecule has 144 valence electrons. The summed E-state index contributed by atoms with van der Waals surface area (Å²) in [5.41, 5.74) is 15.7. The van der Waals surface area contributed by atoms with E-state index >= 15 is 0 Å². The predicted molar refractivity (Wildman–Crippen MR) is 104 cm³/mol. The molecule has 2 aliphatic rings. The Morgan fingerprint density at radius 2 is 1.81 bits per heavy atom. The van der Waals surface area contributed by atoms with E-state index in [0.29, 0.717) is 63.1 Å². The molecule has 0 spiro atoms. The molecule has 27 heavy (non-hydrogen) atoms. The van der Waals surface area contributed by atoms with Crippen molar-refractivity contribution >= 4 is 17.3 Å². The molecule has 0 atom stereocenters. The number of nitrogens with zero attached hydrogens (tertiary/aromatic N) is 3. The predicted octanol–water partition coefficient (Wildman–Crippen LogP) is 1.68. The molecule has 2 aliphatic heterocycles. The van der Waals surface area contributed by atoms with Gasteiger partial charge in [-0.3, -0.25) is 0 Å². The summed E-state index contributed by atoms with van der Waals surface area (Å²) >= 11 is 0. The number of aliphatic hydroxyl groups is 1. The molecule has 0 bridgehead atoms. The van der Waals surface area contributed by atoms with E-state index < -0.39 is 0 Å². The fraction of sp³-hybridized carbons (Fsp3) is 0.500. The minimum absolute atomic E-state index is 0.0334. The van der Waals surface area contributed by atoms with Crippen molar-refractivity contribution in [2.24, 2.45) is 5.73 Å². The van der Waals surface area contributed by atoms with Crippen LogP contribution in [-0.4, -0.2) is 53.2 Å². The highest BCUT2D eigenvalue weighted by molar-refractivity contribution is 5.83. The molecular formula is C20H27N5O2. The van der Waals surface area contributed by atoms with E-state index in [1.807, 2.05) is 21.9 Å².